The summed E-state index contributed by atoms with van der Waals surface area (Å²) in [5.41, 5.74) is 0.602. The third kappa shape index (κ3) is 2.56. The Labute approximate surface area is 126 Å². The average Bonchev–Trinajstić information content (AvgIpc) is 2.82. The van der Waals surface area contributed by atoms with Crippen molar-refractivity contribution in [1.29, 1.82) is 0 Å². The summed E-state index contributed by atoms with van der Waals surface area (Å²) in [6, 6.07) is 0.0938. The van der Waals surface area contributed by atoms with Crippen LogP contribution in [0.4, 0.5) is 5.82 Å². The number of rotatable bonds is 2. The molecular weight excluding hydrogens is 318 g/mol. The predicted molar refractivity (Wildman–Crippen MR) is 78.2 cm³/mol. The van der Waals surface area contributed by atoms with E-state index < -0.39 is 10.0 Å². The van der Waals surface area contributed by atoms with Gasteiger partial charge in [0.15, 0.2) is 17.0 Å². The molecule has 0 unspecified atom stereocenters. The van der Waals surface area contributed by atoms with Crippen LogP contribution in [0.1, 0.15) is 6.92 Å². The second-order valence-corrected chi connectivity index (χ2v) is 7.11. The molecule has 3 heterocycles. The number of anilines is 1. The summed E-state index contributed by atoms with van der Waals surface area (Å²) in [7, 11) is -3.50. The first-order valence-corrected chi connectivity index (χ1v) is 8.56. The van der Waals surface area contributed by atoms with Gasteiger partial charge in [0.2, 0.25) is 15.3 Å². The fourth-order valence-corrected chi connectivity index (χ4v) is 3.14. The number of nitrogens with zero attached hydrogens (tertiary/aromatic N) is 5. The molecule has 1 aliphatic rings. The molecule has 0 spiro atoms. The van der Waals surface area contributed by atoms with E-state index in [0.29, 0.717) is 31.1 Å². The largest absolute Gasteiger partial charge is 0.377 e. The Morgan fingerprint density at radius 3 is 2.86 bits per heavy atom. The van der Waals surface area contributed by atoms with Crippen molar-refractivity contribution in [3.8, 4) is 0 Å². The van der Waals surface area contributed by atoms with E-state index in [9.17, 15) is 8.42 Å². The van der Waals surface area contributed by atoms with Crippen LogP contribution in [0.15, 0.2) is 6.33 Å². The molecule has 1 saturated heterocycles. The molecule has 0 N–H and O–H groups in total. The first-order valence-electron chi connectivity index (χ1n) is 6.33. The maximum absolute atomic E-state index is 11.8. The number of morpholine rings is 1. The minimum absolute atomic E-state index is 0.0124. The quantitative estimate of drug-likeness (QED) is 0.741. The second-order valence-electron chi connectivity index (χ2n) is 4.91. The molecule has 0 bridgehead atoms. The van der Waals surface area contributed by atoms with Crippen LogP contribution in [-0.2, 0) is 14.8 Å². The van der Waals surface area contributed by atoms with E-state index in [2.05, 4.69) is 15.0 Å². The van der Waals surface area contributed by atoms with Crippen LogP contribution in [-0.4, -0.2) is 59.4 Å². The zero-order valence-corrected chi connectivity index (χ0v) is 13.1. The summed E-state index contributed by atoms with van der Waals surface area (Å²) in [5, 5.41) is -0.0124. The SMILES string of the molecule is C[C@@H]1COCCN1c1nc(Cl)nc2c1ncn2S(C)(=O)=O. The van der Waals surface area contributed by atoms with Crippen molar-refractivity contribution in [2.24, 2.45) is 0 Å². The van der Waals surface area contributed by atoms with Gasteiger partial charge in [-0.2, -0.15) is 9.97 Å². The highest BCUT2D eigenvalue weighted by atomic mass is 35.5. The monoisotopic (exact) mass is 331 g/mol. The minimum Gasteiger partial charge on any atom is -0.377 e. The number of hydrogen-bond acceptors (Lipinski definition) is 7. The molecule has 0 radical (unpaired) electrons. The number of imidazole rings is 1. The lowest BCUT2D eigenvalue weighted by Crippen LogP contribution is -2.44. The lowest BCUT2D eigenvalue weighted by molar-refractivity contribution is 0.0986. The van der Waals surface area contributed by atoms with E-state index in [1.165, 1.54) is 6.33 Å². The molecule has 0 aliphatic carbocycles. The summed E-state index contributed by atoms with van der Waals surface area (Å²) >= 11 is 5.95. The van der Waals surface area contributed by atoms with Crippen molar-refractivity contribution >= 4 is 38.6 Å². The Morgan fingerprint density at radius 1 is 1.43 bits per heavy atom. The lowest BCUT2D eigenvalue weighted by Gasteiger charge is -2.34. The molecule has 8 nitrogen and oxygen atoms in total. The van der Waals surface area contributed by atoms with Crippen molar-refractivity contribution in [3.63, 3.8) is 0 Å². The Balaban J connectivity index is 2.22. The van der Waals surface area contributed by atoms with Gasteiger partial charge in [-0.3, -0.25) is 0 Å². The molecular formula is C11H14ClN5O3S. The lowest BCUT2D eigenvalue weighted by atomic mass is 10.2. The maximum atomic E-state index is 11.8. The summed E-state index contributed by atoms with van der Waals surface area (Å²) in [5.74, 6) is 0.531. The number of fused-ring (bicyclic) bond motifs is 1. The van der Waals surface area contributed by atoms with E-state index in [-0.39, 0.29) is 17.0 Å². The number of hydrogen-bond donors (Lipinski definition) is 0. The highest BCUT2D eigenvalue weighted by Gasteiger charge is 2.26. The highest BCUT2D eigenvalue weighted by molar-refractivity contribution is 7.89. The van der Waals surface area contributed by atoms with E-state index in [1.54, 1.807) is 0 Å². The first kappa shape index (κ1) is 14.5. The summed E-state index contributed by atoms with van der Waals surface area (Å²) < 4.78 is 29.9. The standard InChI is InChI=1S/C11H14ClN5O3S/c1-7-5-20-4-3-16(7)9-8-10(15-11(12)14-9)17(6-13-8)21(2,18)19/h6-7H,3-5H2,1-2H3/t7-/m1/s1. The van der Waals surface area contributed by atoms with Gasteiger partial charge in [-0.15, -0.1) is 0 Å². The normalized spacial score (nSPS) is 20.1. The van der Waals surface area contributed by atoms with Crippen LogP contribution in [0.5, 0.6) is 0 Å². The molecule has 2 aromatic heterocycles. The van der Waals surface area contributed by atoms with Gasteiger partial charge < -0.3 is 9.64 Å². The molecule has 1 atom stereocenters. The fraction of sp³-hybridized carbons (Fsp3) is 0.545. The van der Waals surface area contributed by atoms with Gasteiger partial charge in [0, 0.05) is 6.54 Å². The molecule has 21 heavy (non-hydrogen) atoms. The van der Waals surface area contributed by atoms with Crippen LogP contribution in [0, 0.1) is 0 Å². The predicted octanol–water partition coefficient (Wildman–Crippen LogP) is 0.512. The first-order chi connectivity index (χ1) is 9.88. The van der Waals surface area contributed by atoms with E-state index in [0.717, 1.165) is 10.2 Å². The van der Waals surface area contributed by atoms with Gasteiger partial charge >= 0.3 is 0 Å². The number of ether oxygens (including phenoxy) is 1. The van der Waals surface area contributed by atoms with Crippen LogP contribution < -0.4 is 4.90 Å². The molecule has 0 aromatic carbocycles. The minimum atomic E-state index is -3.50. The Hall–Kier alpha value is -1.45. The highest BCUT2D eigenvalue weighted by Crippen LogP contribution is 2.27. The van der Waals surface area contributed by atoms with E-state index in [1.807, 2.05) is 11.8 Å². The Morgan fingerprint density at radius 2 is 2.19 bits per heavy atom. The summed E-state index contributed by atoms with van der Waals surface area (Å²) in [4.78, 5) is 14.4. The molecule has 0 saturated carbocycles. The molecule has 2 aromatic rings. The number of halogens is 1. The summed E-state index contributed by atoms with van der Waals surface area (Å²) in [6.45, 7) is 3.76. The zero-order valence-electron chi connectivity index (χ0n) is 11.5. The van der Waals surface area contributed by atoms with Crippen LogP contribution in [0.3, 0.4) is 0 Å². The van der Waals surface area contributed by atoms with Gasteiger partial charge in [0.05, 0.1) is 25.5 Å². The average molecular weight is 332 g/mol. The van der Waals surface area contributed by atoms with E-state index >= 15 is 0 Å². The number of aromatic nitrogens is 4. The topological polar surface area (TPSA) is 90.2 Å². The van der Waals surface area contributed by atoms with Crippen molar-refractivity contribution in [2.45, 2.75) is 13.0 Å². The van der Waals surface area contributed by atoms with Crippen molar-refractivity contribution < 1.29 is 13.2 Å². The molecule has 1 aliphatic heterocycles. The zero-order chi connectivity index (χ0) is 15.2. The molecule has 10 heteroatoms. The van der Waals surface area contributed by atoms with E-state index in [4.69, 9.17) is 16.3 Å². The molecule has 1 fully saturated rings. The van der Waals surface area contributed by atoms with Crippen molar-refractivity contribution in [3.05, 3.63) is 11.6 Å². The van der Waals surface area contributed by atoms with Crippen LogP contribution in [0.25, 0.3) is 11.2 Å². The third-order valence-electron chi connectivity index (χ3n) is 3.32. The molecule has 0 amide bonds. The summed E-state index contributed by atoms with van der Waals surface area (Å²) in [6.07, 6.45) is 2.31. The van der Waals surface area contributed by atoms with Crippen LogP contribution >= 0.6 is 11.6 Å². The van der Waals surface area contributed by atoms with Gasteiger partial charge in [0.1, 0.15) is 6.33 Å². The van der Waals surface area contributed by atoms with Gasteiger partial charge in [0.25, 0.3) is 0 Å². The fourth-order valence-electron chi connectivity index (χ4n) is 2.32. The van der Waals surface area contributed by atoms with Crippen molar-refractivity contribution in [1.82, 2.24) is 18.9 Å². The Bertz CT molecular complexity index is 790. The smallest absolute Gasteiger partial charge is 0.238 e. The molecule has 114 valence electrons. The van der Waals surface area contributed by atoms with Gasteiger partial charge in [-0.25, -0.2) is 17.4 Å². The Kier molecular flexibility index (Phi) is 3.50. The van der Waals surface area contributed by atoms with Gasteiger partial charge in [-0.05, 0) is 18.5 Å². The van der Waals surface area contributed by atoms with Gasteiger partial charge in [-0.1, -0.05) is 0 Å². The third-order valence-corrected chi connectivity index (χ3v) is 4.47. The second kappa shape index (κ2) is 5.08. The molecule has 3 rings (SSSR count). The van der Waals surface area contributed by atoms with Crippen molar-refractivity contribution in [2.75, 3.05) is 30.9 Å². The van der Waals surface area contributed by atoms with Crippen LogP contribution in [0.2, 0.25) is 5.28 Å². The maximum Gasteiger partial charge on any atom is 0.238 e.